The maximum absolute atomic E-state index is 11.5. The third kappa shape index (κ3) is 2.25. The summed E-state index contributed by atoms with van der Waals surface area (Å²) < 4.78 is 0. The molecule has 1 rings (SSSR count). The zero-order valence-electron chi connectivity index (χ0n) is 7.79. The molecule has 0 aliphatic rings. The molecule has 0 atom stereocenters. The number of carbonyl (C=O) groups excluding carboxylic acids is 1. The molecule has 0 radical (unpaired) electrons. The van der Waals surface area contributed by atoms with Gasteiger partial charge >= 0.3 is 0 Å². The van der Waals surface area contributed by atoms with E-state index in [4.69, 9.17) is 0 Å². The molecule has 1 aromatic heterocycles. The minimum absolute atomic E-state index is 0.120. The van der Waals surface area contributed by atoms with Crippen LogP contribution in [0.1, 0.15) is 29.3 Å². The van der Waals surface area contributed by atoms with E-state index in [9.17, 15) is 4.79 Å². The summed E-state index contributed by atoms with van der Waals surface area (Å²) in [6.07, 6.45) is 6.26. The molecule has 1 heterocycles. The molecule has 13 heavy (non-hydrogen) atoms. The van der Waals surface area contributed by atoms with Crippen LogP contribution in [0.3, 0.4) is 0 Å². The van der Waals surface area contributed by atoms with E-state index in [0.29, 0.717) is 6.42 Å². The topological polar surface area (TPSA) is 30.0 Å². The molecule has 1 aromatic rings. The van der Waals surface area contributed by atoms with Gasteiger partial charge in [0, 0.05) is 24.4 Å². The van der Waals surface area contributed by atoms with Crippen molar-refractivity contribution in [3.63, 3.8) is 0 Å². The molecule has 0 aliphatic carbocycles. The van der Waals surface area contributed by atoms with Crippen LogP contribution in [0.25, 0.3) is 0 Å². The molecule has 0 aliphatic heterocycles. The van der Waals surface area contributed by atoms with Crippen LogP contribution in [0.5, 0.6) is 0 Å². The van der Waals surface area contributed by atoms with Crippen LogP contribution in [0, 0.1) is 0 Å². The zero-order chi connectivity index (χ0) is 9.68. The predicted octanol–water partition coefficient (Wildman–Crippen LogP) is 2.40. The number of nitrogens with zero attached hydrogens (tertiary/aromatic N) is 1. The fourth-order valence-corrected chi connectivity index (χ4v) is 1.22. The Labute approximate surface area is 78.3 Å². The van der Waals surface area contributed by atoms with Crippen LogP contribution >= 0.6 is 0 Å². The van der Waals surface area contributed by atoms with Crippen LogP contribution in [-0.4, -0.2) is 10.8 Å². The van der Waals surface area contributed by atoms with E-state index in [-0.39, 0.29) is 5.78 Å². The molecule has 0 N–H and O–H groups in total. The molecule has 0 saturated heterocycles. The first kappa shape index (κ1) is 9.65. The third-order valence-corrected chi connectivity index (χ3v) is 1.91. The molecular formula is C11H13NO. The summed E-state index contributed by atoms with van der Waals surface area (Å²) in [6, 6.07) is 1.77. The van der Waals surface area contributed by atoms with Crippen molar-refractivity contribution in [2.45, 2.75) is 19.8 Å². The fraction of sp³-hybridized carbons (Fsp3) is 0.273. The van der Waals surface area contributed by atoms with E-state index in [1.54, 1.807) is 24.5 Å². The quantitative estimate of drug-likeness (QED) is 0.519. The van der Waals surface area contributed by atoms with Crippen LogP contribution in [0.15, 0.2) is 31.1 Å². The molecule has 0 saturated carbocycles. The third-order valence-electron chi connectivity index (χ3n) is 1.91. The van der Waals surface area contributed by atoms with Crippen molar-refractivity contribution < 1.29 is 4.79 Å². The highest BCUT2D eigenvalue weighted by Crippen LogP contribution is 2.10. The van der Waals surface area contributed by atoms with Crippen LogP contribution in [-0.2, 0) is 6.42 Å². The summed E-state index contributed by atoms with van der Waals surface area (Å²) in [7, 11) is 0. The van der Waals surface area contributed by atoms with E-state index in [0.717, 1.165) is 17.5 Å². The number of rotatable bonds is 4. The maximum atomic E-state index is 11.5. The highest BCUT2D eigenvalue weighted by Gasteiger charge is 2.07. The van der Waals surface area contributed by atoms with Gasteiger partial charge in [0.25, 0.3) is 0 Å². The lowest BCUT2D eigenvalue weighted by molar-refractivity contribution is 0.0995. The van der Waals surface area contributed by atoms with Gasteiger partial charge in [-0.15, -0.1) is 6.58 Å². The Morgan fingerprint density at radius 2 is 2.46 bits per heavy atom. The van der Waals surface area contributed by atoms with E-state index < -0.39 is 0 Å². The van der Waals surface area contributed by atoms with Gasteiger partial charge in [0.05, 0.1) is 0 Å². The molecule has 68 valence electrons. The monoisotopic (exact) mass is 175 g/mol. The summed E-state index contributed by atoms with van der Waals surface area (Å²) in [5.41, 5.74) is 1.78. The number of aromatic nitrogens is 1. The van der Waals surface area contributed by atoms with Crippen LogP contribution < -0.4 is 0 Å². The number of hydrogen-bond acceptors (Lipinski definition) is 2. The molecule has 0 spiro atoms. The van der Waals surface area contributed by atoms with Gasteiger partial charge in [-0.2, -0.15) is 0 Å². The molecular weight excluding hydrogens is 162 g/mol. The molecule has 0 fully saturated rings. The number of Topliss-reactive ketones (excluding diaryl/α,β-unsaturated/α-hetero) is 1. The van der Waals surface area contributed by atoms with Crippen molar-refractivity contribution in [1.29, 1.82) is 0 Å². The van der Waals surface area contributed by atoms with E-state index in [2.05, 4.69) is 11.6 Å². The first-order valence-electron chi connectivity index (χ1n) is 4.36. The fourth-order valence-electron chi connectivity index (χ4n) is 1.22. The number of pyridine rings is 1. The molecule has 0 unspecified atom stereocenters. The molecule has 2 heteroatoms. The summed E-state index contributed by atoms with van der Waals surface area (Å²) in [6.45, 7) is 5.56. The number of aryl methyl sites for hydroxylation is 1. The Morgan fingerprint density at radius 3 is 3.08 bits per heavy atom. The molecule has 0 aromatic carbocycles. The van der Waals surface area contributed by atoms with E-state index >= 15 is 0 Å². The van der Waals surface area contributed by atoms with Crippen molar-refractivity contribution >= 4 is 5.78 Å². The van der Waals surface area contributed by atoms with Gasteiger partial charge < -0.3 is 0 Å². The van der Waals surface area contributed by atoms with E-state index in [1.165, 1.54) is 0 Å². The predicted molar refractivity (Wildman–Crippen MR) is 52.8 cm³/mol. The zero-order valence-corrected chi connectivity index (χ0v) is 7.79. The Kier molecular flexibility index (Phi) is 3.38. The van der Waals surface area contributed by atoms with Gasteiger partial charge in [-0.25, -0.2) is 0 Å². The Balaban J connectivity index is 2.98. The molecule has 0 amide bonds. The highest BCUT2D eigenvalue weighted by molar-refractivity contribution is 5.98. The molecule has 2 nitrogen and oxygen atoms in total. The largest absolute Gasteiger partial charge is 0.294 e. The standard InChI is InChI=1S/C11H13NO/c1-3-5-11(13)10-6-7-12-8-9(10)4-2/h3,6-8H,1,4-5H2,2H3. The van der Waals surface area contributed by atoms with Gasteiger partial charge in [0.1, 0.15) is 0 Å². The maximum Gasteiger partial charge on any atom is 0.166 e. The summed E-state index contributed by atoms with van der Waals surface area (Å²) in [4.78, 5) is 15.5. The number of allylic oxidation sites excluding steroid dienone is 1. The van der Waals surface area contributed by atoms with E-state index in [1.807, 2.05) is 6.92 Å². The number of carbonyl (C=O) groups is 1. The Bertz CT molecular complexity index is 318. The Hall–Kier alpha value is -1.44. The number of ketones is 1. The SMILES string of the molecule is C=CCC(=O)c1ccncc1CC. The second kappa shape index (κ2) is 4.55. The first-order chi connectivity index (χ1) is 6.29. The van der Waals surface area contributed by atoms with Crippen molar-refractivity contribution in [2.24, 2.45) is 0 Å². The summed E-state index contributed by atoms with van der Waals surface area (Å²) in [5, 5.41) is 0. The van der Waals surface area contributed by atoms with Gasteiger partial charge in [0.15, 0.2) is 5.78 Å². The van der Waals surface area contributed by atoms with Crippen molar-refractivity contribution in [2.75, 3.05) is 0 Å². The minimum atomic E-state index is 0.120. The minimum Gasteiger partial charge on any atom is -0.294 e. The van der Waals surface area contributed by atoms with Gasteiger partial charge in [0.2, 0.25) is 0 Å². The summed E-state index contributed by atoms with van der Waals surface area (Å²) in [5.74, 6) is 0.120. The highest BCUT2D eigenvalue weighted by atomic mass is 16.1. The van der Waals surface area contributed by atoms with Gasteiger partial charge in [-0.3, -0.25) is 9.78 Å². The lowest BCUT2D eigenvalue weighted by atomic mass is 10.0. The lowest BCUT2D eigenvalue weighted by Crippen LogP contribution is -2.02. The van der Waals surface area contributed by atoms with Crippen molar-refractivity contribution in [1.82, 2.24) is 4.98 Å². The second-order valence-electron chi connectivity index (χ2n) is 2.80. The van der Waals surface area contributed by atoms with Crippen molar-refractivity contribution in [3.8, 4) is 0 Å². The van der Waals surface area contributed by atoms with Crippen LogP contribution in [0.4, 0.5) is 0 Å². The van der Waals surface area contributed by atoms with Crippen molar-refractivity contribution in [3.05, 3.63) is 42.2 Å². The number of hydrogen-bond donors (Lipinski definition) is 0. The summed E-state index contributed by atoms with van der Waals surface area (Å²) >= 11 is 0. The van der Waals surface area contributed by atoms with Gasteiger partial charge in [-0.1, -0.05) is 13.0 Å². The normalized spacial score (nSPS) is 9.62. The second-order valence-corrected chi connectivity index (χ2v) is 2.80. The Morgan fingerprint density at radius 1 is 1.69 bits per heavy atom. The van der Waals surface area contributed by atoms with Crippen LogP contribution in [0.2, 0.25) is 0 Å². The average Bonchev–Trinajstić information content (AvgIpc) is 2.18. The average molecular weight is 175 g/mol. The molecule has 0 bridgehead atoms. The first-order valence-corrected chi connectivity index (χ1v) is 4.36. The lowest BCUT2D eigenvalue weighted by Gasteiger charge is -2.03. The van der Waals surface area contributed by atoms with Gasteiger partial charge in [-0.05, 0) is 18.1 Å². The smallest absolute Gasteiger partial charge is 0.166 e.